The zero-order valence-electron chi connectivity index (χ0n) is 60.9. The Hall–Kier alpha value is -3.39. The third-order valence-electron chi connectivity index (χ3n) is 11.2. The molecule has 0 atom stereocenters. The molecule has 4 aromatic carbocycles. The van der Waals surface area contributed by atoms with Crippen molar-refractivity contribution in [2.75, 3.05) is 40.8 Å². The summed E-state index contributed by atoms with van der Waals surface area (Å²) in [6.07, 6.45) is 12.0. The maximum absolute atomic E-state index is 8.43. The summed E-state index contributed by atoms with van der Waals surface area (Å²) in [4.78, 5) is 0. The quantitative estimate of drug-likeness (QED) is 0.0665. The Labute approximate surface area is 539 Å². The van der Waals surface area contributed by atoms with Crippen LogP contribution >= 0.6 is 28.6 Å². The Bertz CT molecular complexity index is 1990. The zero-order chi connectivity index (χ0) is 66.9. The Morgan fingerprint density at radius 1 is 0.548 bits per heavy atom. The first-order chi connectivity index (χ1) is 38.6. The van der Waals surface area contributed by atoms with Crippen molar-refractivity contribution in [1.29, 1.82) is 0 Å². The van der Waals surface area contributed by atoms with E-state index in [9.17, 15) is 0 Å². The first kappa shape index (κ1) is 91.8. The van der Waals surface area contributed by atoms with Crippen LogP contribution in [0.3, 0.4) is 0 Å². The third kappa shape index (κ3) is 67.7. The van der Waals surface area contributed by atoms with Crippen LogP contribution in [-0.2, 0) is 17.3 Å². The molecule has 0 aliphatic rings. The number of hydrogen-bond donors (Lipinski definition) is 2. The summed E-state index contributed by atoms with van der Waals surface area (Å²) in [5.41, 5.74) is 6.49. The normalized spacial score (nSPS) is 10.7. The van der Waals surface area contributed by atoms with Crippen molar-refractivity contribution in [2.24, 2.45) is 40.4 Å². The van der Waals surface area contributed by atoms with Crippen LogP contribution < -0.4 is 18.9 Å². The monoisotopic (exact) mass is 1250 g/mol. The van der Waals surface area contributed by atoms with Crippen molar-refractivity contribution in [3.05, 3.63) is 130 Å². The van der Waals surface area contributed by atoms with Gasteiger partial charge in [0, 0.05) is 11.1 Å². The molecule has 0 saturated heterocycles. The van der Waals surface area contributed by atoms with E-state index in [-0.39, 0.29) is 10.8 Å². The largest absolute Gasteiger partial charge is 0.497 e. The third-order valence-corrected chi connectivity index (χ3v) is 11.9. The van der Waals surface area contributed by atoms with E-state index in [0.29, 0.717) is 46.5 Å². The second-order valence-electron chi connectivity index (χ2n) is 28.8. The van der Waals surface area contributed by atoms with Gasteiger partial charge in [0.1, 0.15) is 5.75 Å². The minimum atomic E-state index is 0.0484. The molecule has 0 aliphatic carbocycles. The molecule has 7 heteroatoms. The lowest BCUT2D eigenvalue weighted by molar-refractivity contribution is 0.251. The number of thiol groups is 1. The molecule has 0 saturated carbocycles. The van der Waals surface area contributed by atoms with Crippen LogP contribution in [0.5, 0.6) is 23.0 Å². The molecular formula is C77H139BrO5S. The van der Waals surface area contributed by atoms with Crippen LogP contribution in [-0.4, -0.2) is 45.9 Å². The van der Waals surface area contributed by atoms with Crippen molar-refractivity contribution >= 4 is 28.6 Å². The number of aliphatic hydroxyl groups is 1. The van der Waals surface area contributed by atoms with Crippen LogP contribution in [0.25, 0.3) is 0 Å². The van der Waals surface area contributed by atoms with Gasteiger partial charge in [-0.25, -0.2) is 0 Å². The second-order valence-corrected chi connectivity index (χ2v) is 30.2. The van der Waals surface area contributed by atoms with Gasteiger partial charge in [0.05, 0.1) is 28.4 Å². The summed E-state index contributed by atoms with van der Waals surface area (Å²) in [6.45, 7) is 63.1. The first-order valence-corrected chi connectivity index (χ1v) is 33.1. The van der Waals surface area contributed by atoms with Crippen molar-refractivity contribution in [2.45, 2.75) is 255 Å². The zero-order valence-corrected chi connectivity index (χ0v) is 63.4. The summed E-state index contributed by atoms with van der Waals surface area (Å²) in [6, 6.07) is 31.3. The van der Waals surface area contributed by atoms with Crippen molar-refractivity contribution in [3.63, 3.8) is 0 Å². The fourth-order valence-corrected chi connectivity index (χ4v) is 6.99. The van der Waals surface area contributed by atoms with E-state index in [1.54, 1.807) is 28.4 Å². The molecule has 0 fully saturated rings. The van der Waals surface area contributed by atoms with Gasteiger partial charge in [0.15, 0.2) is 11.5 Å². The number of unbranched alkanes of at least 4 members (excludes halogenated alkanes) is 2. The number of methoxy groups -OCH3 is 4. The molecule has 0 aliphatic heterocycles. The van der Waals surface area contributed by atoms with Gasteiger partial charge in [-0.2, -0.15) is 12.6 Å². The van der Waals surface area contributed by atoms with Crippen LogP contribution in [0.2, 0.25) is 0 Å². The molecule has 1 N–H and O–H groups in total. The minimum Gasteiger partial charge on any atom is -0.497 e. The van der Waals surface area contributed by atoms with Gasteiger partial charge >= 0.3 is 0 Å². The highest BCUT2D eigenvalue weighted by molar-refractivity contribution is 9.10. The number of aliphatic hydroxyl groups excluding tert-OH is 1. The van der Waals surface area contributed by atoms with Gasteiger partial charge in [-0.15, -0.1) is 6.58 Å². The topological polar surface area (TPSA) is 57.2 Å². The average Bonchev–Trinajstić information content (AvgIpc) is 3.50. The van der Waals surface area contributed by atoms with Crippen molar-refractivity contribution < 1.29 is 24.1 Å². The number of allylic oxidation sites excluding steroid dienone is 1. The summed E-state index contributed by atoms with van der Waals surface area (Å²) >= 11 is 7.45. The Morgan fingerprint density at radius 3 is 1.21 bits per heavy atom. The lowest BCUT2D eigenvalue weighted by Crippen LogP contribution is -2.11. The van der Waals surface area contributed by atoms with Crippen LogP contribution in [0.1, 0.15) is 260 Å². The standard InChI is InChI=1S/C13H20O3.C11H16O.C10H14.C9H11Br.C8H18.C7H16O.C5H12S.C5H12.C5H10.C4H10/c1-13(2,3)9-7-10(14-4)12(16-6)11(8-9)15-5;1-11(2,3)9-5-7-10(12-4)8-6-9;1-9(2)8-10-6-4-3-5-7-10;1-7(2)8-3-5-9(10)6-4-8;1-4-5-6-7-8(2)3;1-7(2,3)5-4-6-8;1-5(2)3-4-6;1-5(2,3)4;1-4-5(2)3;1-4(2)3/h7-8H,1-6H3;5-8H,1-4H3;3-7,9H,8H2,1-2H3;3-7H,1-2H3;8H,4-7H2,1-3H3;8H,4-6H2,1-3H3;5-6H,3-4H2,1-2H3;1-4H3;4-5H,1H2,2-3H3;4H,1-3H3. The van der Waals surface area contributed by atoms with Gasteiger partial charge in [0.25, 0.3) is 0 Å². The fraction of sp³-hybridized carbons (Fsp3) is 0.662. The minimum absolute atomic E-state index is 0.0484. The Balaban J connectivity index is -0.000000207. The van der Waals surface area contributed by atoms with Crippen molar-refractivity contribution in [3.8, 4) is 23.0 Å². The van der Waals surface area contributed by atoms with E-state index in [4.69, 9.17) is 24.1 Å². The average molecular weight is 1260 g/mol. The van der Waals surface area contributed by atoms with Gasteiger partial charge in [0.2, 0.25) is 5.75 Å². The van der Waals surface area contributed by atoms with E-state index in [1.807, 2.05) is 30.3 Å². The summed E-state index contributed by atoms with van der Waals surface area (Å²) in [5.74, 6) is 8.59. The SMILES string of the molecule is C=CC(C)C.CC(C)(C)C.CC(C)(C)CCCO.CC(C)C.CC(C)CCS.CC(C)Cc1ccccc1.CC(C)c1ccc(Br)cc1.CCCCCC(C)C.COc1cc(C(C)(C)C)cc(OC)c1OC.COc1ccc(C(C)(C)C)cc1. The van der Waals surface area contributed by atoms with Gasteiger partial charge in [-0.3, -0.25) is 0 Å². The molecule has 0 bridgehead atoms. The van der Waals surface area contributed by atoms with Crippen LogP contribution in [0, 0.1) is 40.4 Å². The number of ether oxygens (including phenoxy) is 4. The molecule has 0 unspecified atom stereocenters. The molecule has 0 spiro atoms. The maximum atomic E-state index is 8.43. The molecule has 0 radical (unpaired) electrons. The van der Waals surface area contributed by atoms with E-state index in [0.717, 1.165) is 58.1 Å². The molecular weight excluding hydrogens is 1120 g/mol. The lowest BCUT2D eigenvalue weighted by Gasteiger charge is -2.22. The second kappa shape index (κ2) is 53.8. The van der Waals surface area contributed by atoms with Crippen LogP contribution in [0.15, 0.2) is 108 Å². The molecule has 0 aromatic heterocycles. The highest BCUT2D eigenvalue weighted by atomic mass is 79.9. The first-order valence-electron chi connectivity index (χ1n) is 31.7. The number of hydrogen-bond acceptors (Lipinski definition) is 6. The maximum Gasteiger partial charge on any atom is 0.203 e. The van der Waals surface area contributed by atoms with E-state index < -0.39 is 0 Å². The Morgan fingerprint density at radius 2 is 0.964 bits per heavy atom. The van der Waals surface area contributed by atoms with Crippen molar-refractivity contribution in [1.82, 2.24) is 0 Å². The summed E-state index contributed by atoms with van der Waals surface area (Å²) in [5, 5.41) is 8.43. The highest BCUT2D eigenvalue weighted by Gasteiger charge is 2.20. The summed E-state index contributed by atoms with van der Waals surface area (Å²) < 4.78 is 22.1. The molecule has 0 amide bonds. The number of rotatable bonds is 16. The Kier molecular flexibility index (Phi) is 58.8. The molecule has 4 aromatic rings. The van der Waals surface area contributed by atoms with E-state index >= 15 is 0 Å². The molecule has 5 nitrogen and oxygen atoms in total. The molecule has 84 heavy (non-hydrogen) atoms. The number of halogens is 1. The fourth-order valence-electron chi connectivity index (χ4n) is 6.21. The smallest absolute Gasteiger partial charge is 0.203 e. The summed E-state index contributed by atoms with van der Waals surface area (Å²) in [7, 11) is 6.55. The number of benzene rings is 4. The van der Waals surface area contributed by atoms with Gasteiger partial charge < -0.3 is 24.1 Å². The predicted molar refractivity (Wildman–Crippen MR) is 388 cm³/mol. The van der Waals surface area contributed by atoms with Crippen LogP contribution in [0.4, 0.5) is 0 Å². The lowest BCUT2D eigenvalue weighted by atomic mass is 9.86. The predicted octanol–water partition coefficient (Wildman–Crippen LogP) is 25.0. The van der Waals surface area contributed by atoms with Gasteiger partial charge in [-0.1, -0.05) is 289 Å². The highest BCUT2D eigenvalue weighted by Crippen LogP contribution is 2.41. The molecule has 0 heterocycles. The van der Waals surface area contributed by atoms with E-state index in [1.165, 1.54) is 55.2 Å². The van der Waals surface area contributed by atoms with E-state index in [2.05, 4.69) is 289 Å². The molecule has 4 rings (SSSR count). The molecule has 490 valence electrons. The van der Waals surface area contributed by atoms with Gasteiger partial charge in [-0.05, 0) is 147 Å².